The molecule has 1 fully saturated rings. The first-order chi connectivity index (χ1) is 10.2. The third-order valence-corrected chi connectivity index (χ3v) is 5.04. The average molecular weight is 306 g/mol. The molecule has 1 aromatic heterocycles. The summed E-state index contributed by atoms with van der Waals surface area (Å²) in [6, 6.07) is 5.12. The van der Waals surface area contributed by atoms with Gasteiger partial charge in [0, 0.05) is 23.4 Å². The Morgan fingerprint density at radius 1 is 1.52 bits per heavy atom. The molecule has 1 aliphatic rings. The first-order valence-electron chi connectivity index (χ1n) is 7.18. The molecular weight excluding hydrogens is 288 g/mol. The van der Waals surface area contributed by atoms with Gasteiger partial charge in [-0.25, -0.2) is 4.98 Å². The van der Waals surface area contributed by atoms with Gasteiger partial charge in [-0.15, -0.1) is 0 Å². The highest BCUT2D eigenvalue weighted by Gasteiger charge is 2.25. The Balaban J connectivity index is 1.72. The Morgan fingerprint density at radius 3 is 3.14 bits per heavy atom. The number of nitro groups is 1. The number of anilines is 1. The molecule has 1 aromatic carbocycles. The molecule has 6 nitrogen and oxygen atoms in total. The number of nitro benzene ring substituents is 1. The Bertz CT molecular complexity index is 657. The maximum Gasteiger partial charge on any atom is 0.271 e. The van der Waals surface area contributed by atoms with Crippen LogP contribution in [0.2, 0.25) is 0 Å². The monoisotopic (exact) mass is 306 g/mol. The quantitative estimate of drug-likeness (QED) is 0.652. The summed E-state index contributed by atoms with van der Waals surface area (Å²) in [6.07, 6.45) is 3.53. The Morgan fingerprint density at radius 2 is 2.38 bits per heavy atom. The second kappa shape index (κ2) is 5.93. The molecule has 0 bridgehead atoms. The summed E-state index contributed by atoms with van der Waals surface area (Å²) < 4.78 is 0. The van der Waals surface area contributed by atoms with Crippen molar-refractivity contribution in [2.45, 2.75) is 37.5 Å². The molecule has 0 radical (unpaired) electrons. The van der Waals surface area contributed by atoms with E-state index in [1.54, 1.807) is 6.07 Å². The third kappa shape index (κ3) is 3.12. The van der Waals surface area contributed by atoms with Crippen molar-refractivity contribution in [3.63, 3.8) is 0 Å². The van der Waals surface area contributed by atoms with Gasteiger partial charge in [0.25, 0.3) is 5.69 Å². The number of rotatable bonds is 5. The molecule has 1 aliphatic carbocycles. The summed E-state index contributed by atoms with van der Waals surface area (Å²) in [5.74, 6) is 1.86. The molecule has 0 saturated heterocycles. The fourth-order valence-electron chi connectivity index (χ4n) is 2.83. The number of benzene rings is 1. The van der Waals surface area contributed by atoms with Crippen molar-refractivity contribution in [3.05, 3.63) is 28.3 Å². The van der Waals surface area contributed by atoms with Gasteiger partial charge in [-0.3, -0.25) is 10.1 Å². The zero-order chi connectivity index (χ0) is 14.8. The summed E-state index contributed by atoms with van der Waals surface area (Å²) in [4.78, 5) is 18.0. The van der Waals surface area contributed by atoms with E-state index in [1.807, 2.05) is 11.8 Å². The van der Waals surface area contributed by atoms with Gasteiger partial charge >= 0.3 is 0 Å². The van der Waals surface area contributed by atoms with Crippen LogP contribution >= 0.6 is 11.8 Å². The van der Waals surface area contributed by atoms with Crippen molar-refractivity contribution in [2.24, 2.45) is 0 Å². The van der Waals surface area contributed by atoms with Crippen molar-refractivity contribution in [1.82, 2.24) is 9.97 Å². The number of fused-ring (bicyclic) bond motifs is 1. The van der Waals surface area contributed by atoms with Crippen molar-refractivity contribution in [3.8, 4) is 0 Å². The van der Waals surface area contributed by atoms with E-state index >= 15 is 0 Å². The van der Waals surface area contributed by atoms with Gasteiger partial charge in [-0.1, -0.05) is 6.92 Å². The van der Waals surface area contributed by atoms with E-state index in [9.17, 15) is 10.1 Å². The van der Waals surface area contributed by atoms with Crippen LogP contribution < -0.4 is 5.32 Å². The fourth-order valence-corrected chi connectivity index (χ4v) is 3.97. The standard InChI is InChI=1S/C14H18N4O2S/c1-2-21-11-5-3-9(7-11)15-14-16-12-6-4-10(18(19)20)8-13(12)17-14/h4,6,8-9,11H,2-3,5,7H2,1H3,(H2,15,16,17). The number of aromatic amines is 1. The molecule has 3 rings (SSSR count). The lowest BCUT2D eigenvalue weighted by Gasteiger charge is -2.11. The van der Waals surface area contributed by atoms with Gasteiger partial charge in [-0.05, 0) is 31.1 Å². The van der Waals surface area contributed by atoms with E-state index in [4.69, 9.17) is 0 Å². The van der Waals surface area contributed by atoms with Gasteiger partial charge in [0.05, 0.1) is 16.0 Å². The molecule has 0 amide bonds. The van der Waals surface area contributed by atoms with Gasteiger partial charge < -0.3 is 10.3 Å². The SMILES string of the molecule is CCSC1CCC(Nc2nc3ccc([N+](=O)[O-])cc3[nH]2)C1. The maximum absolute atomic E-state index is 10.8. The van der Waals surface area contributed by atoms with Crippen LogP contribution in [0.3, 0.4) is 0 Å². The van der Waals surface area contributed by atoms with Crippen molar-refractivity contribution >= 4 is 34.4 Å². The molecular formula is C14H18N4O2S. The average Bonchev–Trinajstić information content (AvgIpc) is 3.04. The summed E-state index contributed by atoms with van der Waals surface area (Å²) in [5.41, 5.74) is 1.53. The number of hydrogen-bond acceptors (Lipinski definition) is 5. The minimum atomic E-state index is -0.392. The van der Waals surface area contributed by atoms with Crippen LogP contribution in [-0.4, -0.2) is 31.9 Å². The molecule has 2 atom stereocenters. The third-order valence-electron chi connectivity index (χ3n) is 3.80. The normalized spacial score (nSPS) is 21.8. The molecule has 112 valence electrons. The predicted octanol–water partition coefficient (Wildman–Crippen LogP) is 3.56. The molecule has 2 aromatic rings. The largest absolute Gasteiger partial charge is 0.353 e. The maximum atomic E-state index is 10.8. The van der Waals surface area contributed by atoms with Crippen molar-refractivity contribution in [2.75, 3.05) is 11.1 Å². The van der Waals surface area contributed by atoms with Crippen LogP contribution in [-0.2, 0) is 0 Å². The number of hydrogen-bond donors (Lipinski definition) is 2. The smallest absolute Gasteiger partial charge is 0.271 e. The van der Waals surface area contributed by atoms with Crippen LogP contribution in [0.25, 0.3) is 11.0 Å². The molecule has 0 spiro atoms. The fraction of sp³-hybridized carbons (Fsp3) is 0.500. The number of nitrogens with one attached hydrogen (secondary N) is 2. The molecule has 21 heavy (non-hydrogen) atoms. The Kier molecular flexibility index (Phi) is 4.01. The van der Waals surface area contributed by atoms with Gasteiger partial charge in [0.1, 0.15) is 0 Å². The van der Waals surface area contributed by atoms with Crippen LogP contribution in [0.15, 0.2) is 18.2 Å². The van der Waals surface area contributed by atoms with Crippen LogP contribution in [0.1, 0.15) is 26.2 Å². The number of nitrogens with zero attached hydrogens (tertiary/aromatic N) is 2. The van der Waals surface area contributed by atoms with Crippen LogP contribution in [0, 0.1) is 10.1 Å². The van der Waals surface area contributed by atoms with Gasteiger partial charge in [-0.2, -0.15) is 11.8 Å². The second-order valence-electron chi connectivity index (χ2n) is 5.28. The highest BCUT2D eigenvalue weighted by molar-refractivity contribution is 7.99. The van der Waals surface area contributed by atoms with Crippen molar-refractivity contribution < 1.29 is 4.92 Å². The van der Waals surface area contributed by atoms with E-state index in [2.05, 4.69) is 22.2 Å². The van der Waals surface area contributed by atoms with E-state index in [0.29, 0.717) is 17.5 Å². The highest BCUT2D eigenvalue weighted by atomic mass is 32.2. The number of imidazole rings is 1. The van der Waals surface area contributed by atoms with E-state index < -0.39 is 4.92 Å². The summed E-state index contributed by atoms with van der Waals surface area (Å²) in [7, 11) is 0. The summed E-state index contributed by atoms with van der Waals surface area (Å²) >= 11 is 2.02. The number of H-pyrrole nitrogens is 1. The summed E-state index contributed by atoms with van der Waals surface area (Å²) in [5, 5.41) is 14.9. The number of non-ortho nitro benzene ring substituents is 1. The lowest BCUT2D eigenvalue weighted by atomic mass is 10.2. The molecule has 0 aliphatic heterocycles. The first-order valence-corrected chi connectivity index (χ1v) is 8.23. The predicted molar refractivity (Wildman–Crippen MR) is 85.9 cm³/mol. The van der Waals surface area contributed by atoms with Crippen LogP contribution in [0.5, 0.6) is 0 Å². The Hall–Kier alpha value is -1.76. The molecule has 2 N–H and O–H groups in total. The molecule has 7 heteroatoms. The second-order valence-corrected chi connectivity index (χ2v) is 6.85. The minimum Gasteiger partial charge on any atom is -0.353 e. The topological polar surface area (TPSA) is 83.8 Å². The molecule has 1 saturated carbocycles. The van der Waals surface area contributed by atoms with E-state index in [0.717, 1.165) is 29.4 Å². The van der Waals surface area contributed by atoms with Crippen molar-refractivity contribution in [1.29, 1.82) is 0 Å². The molecule has 2 unspecified atom stereocenters. The minimum absolute atomic E-state index is 0.0815. The van der Waals surface area contributed by atoms with Gasteiger partial charge in [0.2, 0.25) is 5.95 Å². The Labute approximate surface area is 126 Å². The number of thioether (sulfide) groups is 1. The first kappa shape index (κ1) is 14.2. The highest BCUT2D eigenvalue weighted by Crippen LogP contribution is 2.31. The van der Waals surface area contributed by atoms with E-state index in [1.165, 1.54) is 18.6 Å². The zero-order valence-electron chi connectivity index (χ0n) is 11.8. The lowest BCUT2D eigenvalue weighted by molar-refractivity contribution is -0.384. The zero-order valence-corrected chi connectivity index (χ0v) is 12.7. The van der Waals surface area contributed by atoms with E-state index in [-0.39, 0.29) is 5.69 Å². The lowest BCUT2D eigenvalue weighted by Crippen LogP contribution is -2.16. The molecule has 1 heterocycles. The van der Waals surface area contributed by atoms with Crippen LogP contribution in [0.4, 0.5) is 11.6 Å². The van der Waals surface area contributed by atoms with Gasteiger partial charge in [0.15, 0.2) is 0 Å². The number of aromatic nitrogens is 2. The summed E-state index contributed by atoms with van der Waals surface area (Å²) in [6.45, 7) is 2.19.